The van der Waals surface area contributed by atoms with Gasteiger partial charge in [0, 0.05) is 69.9 Å². The monoisotopic (exact) mass is 779 g/mol. The summed E-state index contributed by atoms with van der Waals surface area (Å²) in [5, 5.41) is 4.71. The minimum atomic E-state index is -0.122. The van der Waals surface area contributed by atoms with Crippen molar-refractivity contribution >= 4 is 66.4 Å². The van der Waals surface area contributed by atoms with Gasteiger partial charge in [0.05, 0.1) is 27.9 Å². The lowest BCUT2D eigenvalue weighted by Gasteiger charge is -2.26. The summed E-state index contributed by atoms with van der Waals surface area (Å²) in [6.45, 7) is 9.61. The van der Waals surface area contributed by atoms with E-state index in [-0.39, 0.29) is 5.41 Å². The van der Waals surface area contributed by atoms with Crippen LogP contribution in [0.3, 0.4) is 0 Å². The molecule has 0 saturated heterocycles. The molecule has 6 heteroatoms. The first kappa shape index (κ1) is 35.8. The fraction of sp³-hybridized carbons (Fsp3) is 0.130. The Balaban J connectivity index is 1.03. The van der Waals surface area contributed by atoms with Gasteiger partial charge in [-0.25, -0.2) is 4.98 Å². The zero-order valence-corrected chi connectivity index (χ0v) is 34.5. The van der Waals surface area contributed by atoms with E-state index in [0.717, 1.165) is 61.7 Å². The van der Waals surface area contributed by atoms with Crippen LogP contribution in [0.4, 0.5) is 22.7 Å². The van der Waals surface area contributed by atoms with E-state index < -0.39 is 0 Å². The Hall–Kier alpha value is -7.31. The third kappa shape index (κ3) is 5.90. The van der Waals surface area contributed by atoms with E-state index in [0.29, 0.717) is 6.67 Å². The van der Waals surface area contributed by atoms with Gasteiger partial charge < -0.3 is 19.1 Å². The lowest BCUT2D eigenvalue weighted by Crippen LogP contribution is -2.24. The minimum Gasteiger partial charge on any atom is -0.457 e. The SMILES string of the molecule is Cc1ccc2c(c1)c1cnc(-n3c4ccccc4c4ccc(Oc5cc(N6CN(c7ccccc7)c7ccc(-c8ccccc8)cc76)cc(C(C)(C)C)c5)cc43)cc1n2C. The number of fused-ring (bicyclic) bond motifs is 7. The number of anilines is 4. The molecule has 1 aliphatic rings. The Morgan fingerprint density at radius 1 is 0.517 bits per heavy atom. The number of rotatable bonds is 6. The lowest BCUT2D eigenvalue weighted by atomic mass is 9.86. The second-order valence-electron chi connectivity index (χ2n) is 17.1. The third-order valence-electron chi connectivity index (χ3n) is 12.2. The van der Waals surface area contributed by atoms with E-state index in [1.807, 2.05) is 6.20 Å². The van der Waals surface area contributed by atoms with E-state index in [1.165, 1.54) is 44.2 Å². The van der Waals surface area contributed by atoms with E-state index in [1.54, 1.807) is 0 Å². The molecule has 0 atom stereocenters. The molecule has 6 nitrogen and oxygen atoms in total. The first-order valence-electron chi connectivity index (χ1n) is 20.7. The second kappa shape index (κ2) is 13.6. The van der Waals surface area contributed by atoms with Crippen molar-refractivity contribution in [1.29, 1.82) is 0 Å². The minimum absolute atomic E-state index is 0.122. The molecule has 0 fully saturated rings. The summed E-state index contributed by atoms with van der Waals surface area (Å²) in [6, 6.07) is 58.7. The maximum absolute atomic E-state index is 6.96. The number of hydrogen-bond donors (Lipinski definition) is 0. The van der Waals surface area contributed by atoms with Crippen LogP contribution >= 0.6 is 0 Å². The number of pyridine rings is 1. The maximum Gasteiger partial charge on any atom is 0.139 e. The van der Waals surface area contributed by atoms with Crippen molar-refractivity contribution in [2.45, 2.75) is 33.1 Å². The number of nitrogens with zero attached hydrogens (tertiary/aromatic N) is 5. The number of ether oxygens (including phenoxy) is 1. The zero-order chi connectivity index (χ0) is 40.7. The van der Waals surface area contributed by atoms with Gasteiger partial charge in [-0.3, -0.25) is 4.57 Å². The summed E-state index contributed by atoms with van der Waals surface area (Å²) < 4.78 is 11.5. The highest BCUT2D eigenvalue weighted by Crippen LogP contribution is 2.48. The van der Waals surface area contributed by atoms with Crippen LogP contribution in [0.5, 0.6) is 11.5 Å². The Morgan fingerprint density at radius 2 is 1.27 bits per heavy atom. The largest absolute Gasteiger partial charge is 0.457 e. The van der Waals surface area contributed by atoms with Crippen LogP contribution < -0.4 is 14.5 Å². The first-order valence-corrected chi connectivity index (χ1v) is 20.7. The van der Waals surface area contributed by atoms with Crippen molar-refractivity contribution in [3.8, 4) is 28.4 Å². The Bertz CT molecular complexity index is 3280. The molecule has 0 aliphatic carbocycles. The molecule has 292 valence electrons. The highest BCUT2D eigenvalue weighted by molar-refractivity contribution is 6.11. The molecule has 60 heavy (non-hydrogen) atoms. The van der Waals surface area contributed by atoms with Crippen LogP contribution in [0.15, 0.2) is 170 Å². The highest BCUT2D eigenvalue weighted by atomic mass is 16.5. The molecule has 3 aromatic heterocycles. The molecule has 0 radical (unpaired) electrons. The normalized spacial score (nSPS) is 12.9. The van der Waals surface area contributed by atoms with E-state index in [9.17, 15) is 0 Å². The molecule has 0 saturated carbocycles. The first-order chi connectivity index (χ1) is 29.2. The van der Waals surface area contributed by atoms with Gasteiger partial charge in [-0.2, -0.15) is 0 Å². The predicted molar refractivity (Wildman–Crippen MR) is 250 cm³/mol. The fourth-order valence-electron chi connectivity index (χ4n) is 9.08. The smallest absolute Gasteiger partial charge is 0.139 e. The van der Waals surface area contributed by atoms with Gasteiger partial charge >= 0.3 is 0 Å². The molecule has 11 rings (SSSR count). The number of para-hydroxylation sites is 2. The van der Waals surface area contributed by atoms with Crippen LogP contribution in [0.2, 0.25) is 0 Å². The topological polar surface area (TPSA) is 38.5 Å². The maximum atomic E-state index is 6.96. The van der Waals surface area contributed by atoms with E-state index in [4.69, 9.17) is 9.72 Å². The van der Waals surface area contributed by atoms with Crippen LogP contribution in [-0.2, 0) is 12.5 Å². The third-order valence-corrected chi connectivity index (χ3v) is 12.2. The summed E-state index contributed by atoms with van der Waals surface area (Å²) in [4.78, 5) is 9.94. The van der Waals surface area contributed by atoms with Gasteiger partial charge in [-0.05, 0) is 95.8 Å². The molecule has 0 bridgehead atoms. The summed E-state index contributed by atoms with van der Waals surface area (Å²) in [6.07, 6.45) is 2.03. The summed E-state index contributed by atoms with van der Waals surface area (Å²) >= 11 is 0. The molecule has 1 aliphatic heterocycles. The summed E-state index contributed by atoms with van der Waals surface area (Å²) in [5.74, 6) is 2.43. The number of benzene rings is 7. The van der Waals surface area contributed by atoms with Crippen LogP contribution in [0.25, 0.3) is 60.6 Å². The molecule has 10 aromatic rings. The average Bonchev–Trinajstić information content (AvgIpc) is 3.90. The molecular weight excluding hydrogens is 735 g/mol. The molecule has 0 spiro atoms. The zero-order valence-electron chi connectivity index (χ0n) is 34.5. The van der Waals surface area contributed by atoms with Crippen molar-refractivity contribution in [3.63, 3.8) is 0 Å². The Labute approximate surface area is 350 Å². The Morgan fingerprint density at radius 3 is 2.08 bits per heavy atom. The van der Waals surface area contributed by atoms with Crippen molar-refractivity contribution in [2.24, 2.45) is 7.05 Å². The standard InChI is InChI=1S/C54H45N5O/c1-35-20-24-47-45(26-35)46-33-55-53(32-50(46)56(47)5)59-48-19-13-12-18-43(48)44-23-22-41(31-51(44)59)60-42-29-38(54(2,3)4)28-40(30-42)58-34-57(39-16-10-7-11-17-39)49-25-21-37(27-52(49)58)36-14-8-6-9-15-36/h6-33H,34H2,1-5H3. The van der Waals surface area contributed by atoms with Crippen molar-refractivity contribution in [3.05, 3.63) is 181 Å². The van der Waals surface area contributed by atoms with Gasteiger partial charge in [-0.1, -0.05) is 105 Å². The van der Waals surface area contributed by atoms with Gasteiger partial charge in [0.2, 0.25) is 0 Å². The lowest BCUT2D eigenvalue weighted by molar-refractivity contribution is 0.479. The fourth-order valence-corrected chi connectivity index (χ4v) is 9.08. The highest BCUT2D eigenvalue weighted by Gasteiger charge is 2.30. The van der Waals surface area contributed by atoms with Gasteiger partial charge in [0.15, 0.2) is 0 Å². The van der Waals surface area contributed by atoms with Crippen molar-refractivity contribution in [2.75, 3.05) is 16.5 Å². The number of aromatic nitrogens is 3. The average molecular weight is 780 g/mol. The Kier molecular flexibility index (Phi) is 8.14. The van der Waals surface area contributed by atoms with Crippen molar-refractivity contribution < 1.29 is 4.74 Å². The van der Waals surface area contributed by atoms with E-state index in [2.05, 4.69) is 217 Å². The number of hydrogen-bond acceptors (Lipinski definition) is 4. The molecular formula is C54H45N5O. The predicted octanol–water partition coefficient (Wildman–Crippen LogP) is 14.1. The molecule has 0 amide bonds. The van der Waals surface area contributed by atoms with Gasteiger partial charge in [0.25, 0.3) is 0 Å². The molecule has 0 unspecified atom stereocenters. The molecule has 0 N–H and O–H groups in total. The van der Waals surface area contributed by atoms with Crippen LogP contribution in [0.1, 0.15) is 31.9 Å². The van der Waals surface area contributed by atoms with E-state index >= 15 is 0 Å². The second-order valence-corrected chi connectivity index (χ2v) is 17.1. The van der Waals surface area contributed by atoms with Crippen LogP contribution in [0, 0.1) is 6.92 Å². The van der Waals surface area contributed by atoms with Crippen molar-refractivity contribution in [1.82, 2.24) is 14.1 Å². The molecule has 7 aromatic carbocycles. The quantitative estimate of drug-likeness (QED) is 0.168. The summed E-state index contributed by atoms with van der Waals surface area (Å²) in [7, 11) is 2.14. The van der Waals surface area contributed by atoms with Gasteiger partial charge in [0.1, 0.15) is 24.0 Å². The molecule has 4 heterocycles. The summed E-state index contributed by atoms with van der Waals surface area (Å²) in [5.41, 5.74) is 13.8. The number of aryl methyl sites for hydroxylation is 2. The van der Waals surface area contributed by atoms with Gasteiger partial charge in [-0.15, -0.1) is 0 Å². The van der Waals surface area contributed by atoms with Crippen LogP contribution in [-0.4, -0.2) is 20.8 Å².